The lowest BCUT2D eigenvalue weighted by Crippen LogP contribution is -2.29. The van der Waals surface area contributed by atoms with E-state index < -0.39 is 10.7 Å². The summed E-state index contributed by atoms with van der Waals surface area (Å²) in [4.78, 5) is 40.3. The van der Waals surface area contributed by atoms with Crippen LogP contribution in [0.5, 0.6) is 0 Å². The van der Waals surface area contributed by atoms with Crippen LogP contribution in [0.3, 0.4) is 0 Å². The molecule has 0 saturated carbocycles. The fourth-order valence-electron chi connectivity index (χ4n) is 3.41. The monoisotopic (exact) mass is 343 g/mol. The minimum atomic E-state index is -0.574. The molecule has 2 aliphatic rings. The Labute approximate surface area is 140 Å². The second-order valence-electron chi connectivity index (χ2n) is 5.89. The summed E-state index contributed by atoms with van der Waals surface area (Å²) >= 11 is 0.765. The molecule has 0 spiro atoms. The molecule has 24 heavy (non-hydrogen) atoms. The Morgan fingerprint density at radius 3 is 2.71 bits per heavy atom. The van der Waals surface area contributed by atoms with Crippen molar-refractivity contribution in [2.45, 2.75) is 18.8 Å². The first-order chi connectivity index (χ1) is 11.6. The van der Waals surface area contributed by atoms with Crippen LogP contribution >= 0.6 is 11.3 Å². The van der Waals surface area contributed by atoms with Crippen LogP contribution in [0, 0.1) is 10.1 Å². The van der Waals surface area contributed by atoms with Crippen molar-refractivity contribution in [3.63, 3.8) is 0 Å². The number of nitrogens with zero attached hydrogens (tertiary/aromatic N) is 2. The minimum Gasteiger partial charge on any atom is -0.317 e. The molecular weight excluding hydrogens is 330 g/mol. The first-order valence-electron chi connectivity index (χ1n) is 7.65. The molecule has 8 heteroatoms. The highest BCUT2D eigenvalue weighted by Crippen LogP contribution is 2.39. The third-order valence-corrected chi connectivity index (χ3v) is 5.64. The van der Waals surface area contributed by atoms with E-state index in [1.807, 2.05) is 0 Å². The number of thiophene rings is 1. The quantitative estimate of drug-likeness (QED) is 0.566. The predicted molar refractivity (Wildman–Crippen MR) is 86.9 cm³/mol. The van der Waals surface area contributed by atoms with Gasteiger partial charge in [0.15, 0.2) is 0 Å². The lowest BCUT2D eigenvalue weighted by Gasteiger charge is -2.26. The van der Waals surface area contributed by atoms with E-state index in [-0.39, 0.29) is 32.8 Å². The maximum absolute atomic E-state index is 12.9. The van der Waals surface area contributed by atoms with Gasteiger partial charge in [0, 0.05) is 12.3 Å². The largest absolute Gasteiger partial charge is 0.325 e. The summed E-state index contributed by atoms with van der Waals surface area (Å²) in [6.45, 7) is 1.72. The van der Waals surface area contributed by atoms with Gasteiger partial charge in [-0.3, -0.25) is 24.7 Å². The van der Waals surface area contributed by atoms with Gasteiger partial charge in [-0.15, -0.1) is 0 Å². The van der Waals surface area contributed by atoms with Gasteiger partial charge in [-0.1, -0.05) is 11.3 Å². The molecule has 122 valence electrons. The maximum Gasteiger partial charge on any atom is 0.325 e. The van der Waals surface area contributed by atoms with E-state index in [9.17, 15) is 19.7 Å². The Morgan fingerprint density at radius 1 is 1.25 bits per heavy atom. The normalized spacial score (nSPS) is 17.5. The van der Waals surface area contributed by atoms with Crippen molar-refractivity contribution < 1.29 is 14.5 Å². The number of nitro groups is 1. The summed E-state index contributed by atoms with van der Waals surface area (Å²) in [6, 6.07) is 2.98. The van der Waals surface area contributed by atoms with Crippen LogP contribution in [0.1, 0.15) is 55.6 Å². The minimum absolute atomic E-state index is 0.0964. The second kappa shape index (κ2) is 5.57. The summed E-state index contributed by atoms with van der Waals surface area (Å²) in [5, 5.41) is 14.1. The average Bonchev–Trinajstić information content (AvgIpc) is 3.06. The SMILES string of the molecule is O=C1c2cc([N+](=O)[O-])sc2C(=O)c2c(C3CCNCC3)ccnc21. The Morgan fingerprint density at radius 2 is 2.00 bits per heavy atom. The summed E-state index contributed by atoms with van der Waals surface area (Å²) in [7, 11) is 0. The average molecular weight is 343 g/mol. The fourth-order valence-corrected chi connectivity index (χ4v) is 4.32. The first kappa shape index (κ1) is 15.1. The third kappa shape index (κ3) is 2.18. The van der Waals surface area contributed by atoms with Crippen LogP contribution in [0.15, 0.2) is 18.3 Å². The van der Waals surface area contributed by atoms with Crippen molar-refractivity contribution in [3.8, 4) is 0 Å². The number of ketones is 2. The molecule has 1 fully saturated rings. The fraction of sp³-hybridized carbons (Fsp3) is 0.312. The van der Waals surface area contributed by atoms with Gasteiger partial charge in [-0.2, -0.15) is 0 Å². The Bertz CT molecular complexity index is 883. The molecule has 7 nitrogen and oxygen atoms in total. The zero-order valence-electron chi connectivity index (χ0n) is 12.6. The van der Waals surface area contributed by atoms with Gasteiger partial charge in [-0.05, 0) is 43.5 Å². The number of carbonyl (C=O) groups is 2. The summed E-state index contributed by atoms with van der Waals surface area (Å²) in [5.74, 6) is -0.532. The van der Waals surface area contributed by atoms with Gasteiger partial charge in [-0.25, -0.2) is 0 Å². The predicted octanol–water partition coefficient (Wildman–Crippen LogP) is 2.29. The van der Waals surface area contributed by atoms with Crippen molar-refractivity contribution in [2.75, 3.05) is 13.1 Å². The molecule has 0 unspecified atom stereocenters. The topological polar surface area (TPSA) is 102 Å². The first-order valence-corrected chi connectivity index (χ1v) is 8.47. The Balaban J connectivity index is 1.87. The highest BCUT2D eigenvalue weighted by Gasteiger charge is 2.38. The van der Waals surface area contributed by atoms with Crippen molar-refractivity contribution in [2.24, 2.45) is 0 Å². The van der Waals surface area contributed by atoms with Crippen molar-refractivity contribution in [3.05, 3.63) is 55.7 Å². The van der Waals surface area contributed by atoms with Crippen molar-refractivity contribution in [1.29, 1.82) is 0 Å². The summed E-state index contributed by atoms with van der Waals surface area (Å²) in [6.07, 6.45) is 3.32. The van der Waals surface area contributed by atoms with E-state index >= 15 is 0 Å². The molecule has 2 aromatic heterocycles. The number of aromatic nitrogens is 1. The summed E-state index contributed by atoms with van der Waals surface area (Å²) < 4.78 is 0. The molecule has 1 aliphatic carbocycles. The van der Waals surface area contributed by atoms with Crippen molar-refractivity contribution >= 4 is 27.9 Å². The van der Waals surface area contributed by atoms with E-state index in [0.29, 0.717) is 5.56 Å². The van der Waals surface area contributed by atoms with Crippen LogP contribution in [0.4, 0.5) is 5.00 Å². The molecule has 0 amide bonds. The smallest absolute Gasteiger partial charge is 0.317 e. The lowest BCUT2D eigenvalue weighted by molar-refractivity contribution is -0.380. The zero-order valence-corrected chi connectivity index (χ0v) is 13.4. The van der Waals surface area contributed by atoms with Gasteiger partial charge in [0.2, 0.25) is 11.6 Å². The van der Waals surface area contributed by atoms with Crippen LogP contribution in [-0.2, 0) is 0 Å². The van der Waals surface area contributed by atoms with Crippen molar-refractivity contribution in [1.82, 2.24) is 10.3 Å². The van der Waals surface area contributed by atoms with Gasteiger partial charge >= 0.3 is 5.00 Å². The van der Waals surface area contributed by atoms with E-state index in [0.717, 1.165) is 42.8 Å². The molecule has 3 heterocycles. The molecule has 0 aromatic carbocycles. The highest BCUT2D eigenvalue weighted by atomic mass is 32.1. The maximum atomic E-state index is 12.9. The highest BCUT2D eigenvalue weighted by molar-refractivity contribution is 7.17. The Kier molecular flexibility index (Phi) is 3.50. The molecule has 1 saturated heterocycles. The second-order valence-corrected chi connectivity index (χ2v) is 6.92. The third-order valence-electron chi connectivity index (χ3n) is 4.55. The summed E-state index contributed by atoms with van der Waals surface area (Å²) in [5.41, 5.74) is 1.38. The molecule has 0 bridgehead atoms. The number of piperidine rings is 1. The number of pyridine rings is 1. The number of nitrogens with one attached hydrogen (secondary N) is 1. The molecule has 1 aliphatic heterocycles. The lowest BCUT2D eigenvalue weighted by atomic mass is 9.82. The van der Waals surface area contributed by atoms with Crippen LogP contribution < -0.4 is 5.32 Å². The van der Waals surface area contributed by atoms with Gasteiger partial charge < -0.3 is 5.32 Å². The zero-order chi connectivity index (χ0) is 16.8. The van der Waals surface area contributed by atoms with Gasteiger partial charge in [0.1, 0.15) is 5.69 Å². The standard InChI is InChI=1S/C16H13N3O4S/c20-14-10-7-11(19(22)23)24-16(10)15(21)12-9(3-6-18-13(12)14)8-1-4-17-5-2-8/h3,6-8,17H,1-2,4-5H2. The van der Waals surface area contributed by atoms with E-state index in [1.54, 1.807) is 12.3 Å². The van der Waals surface area contributed by atoms with E-state index in [1.165, 1.54) is 6.07 Å². The van der Waals surface area contributed by atoms with Crippen LogP contribution in [0.25, 0.3) is 0 Å². The molecule has 0 atom stereocenters. The number of carbonyl (C=O) groups excluding carboxylic acids is 2. The van der Waals surface area contributed by atoms with Gasteiger partial charge in [0.05, 0.1) is 20.9 Å². The molecule has 0 radical (unpaired) electrons. The van der Waals surface area contributed by atoms with E-state index in [4.69, 9.17) is 0 Å². The van der Waals surface area contributed by atoms with Crippen LogP contribution in [-0.4, -0.2) is 34.6 Å². The molecule has 1 N–H and O–H groups in total. The molecule has 4 rings (SSSR count). The van der Waals surface area contributed by atoms with E-state index in [2.05, 4.69) is 10.3 Å². The molecular formula is C16H13N3O4S. The Hall–Kier alpha value is -2.45. The number of hydrogen-bond donors (Lipinski definition) is 1. The van der Waals surface area contributed by atoms with Gasteiger partial charge in [0.25, 0.3) is 0 Å². The molecule has 2 aromatic rings. The number of rotatable bonds is 2. The number of hydrogen-bond acceptors (Lipinski definition) is 7. The number of fused-ring (bicyclic) bond motifs is 2. The van der Waals surface area contributed by atoms with Crippen LogP contribution in [0.2, 0.25) is 0 Å².